The number of hydrogen-bond acceptors (Lipinski definition) is 2. The number of alkyl halides is 3. The van der Waals surface area contributed by atoms with Gasteiger partial charge in [0.15, 0.2) is 0 Å². The fourth-order valence-corrected chi connectivity index (χ4v) is 0.188. The zero-order valence-electron chi connectivity index (χ0n) is 4.66. The van der Waals surface area contributed by atoms with Crippen LogP contribution in [0.15, 0.2) is 0 Å². The SMILES string of the molecule is O=C(O[B-](F)(F)F)C(F)(F)F. The van der Waals surface area contributed by atoms with E-state index in [1.54, 1.807) is 0 Å². The summed E-state index contributed by atoms with van der Waals surface area (Å²) in [7, 11) is -6.18. The molecule has 66 valence electrons. The molecule has 0 saturated heterocycles. The highest BCUT2D eigenvalue weighted by Crippen LogP contribution is 2.21. The Morgan fingerprint density at radius 3 is 1.64 bits per heavy atom. The highest BCUT2D eigenvalue weighted by molar-refractivity contribution is 6.53. The van der Waals surface area contributed by atoms with Gasteiger partial charge in [-0.2, -0.15) is 13.2 Å². The largest absolute Gasteiger partial charge is 0.702 e. The van der Waals surface area contributed by atoms with Crippen LogP contribution in [0.25, 0.3) is 0 Å². The van der Waals surface area contributed by atoms with E-state index in [0.717, 1.165) is 0 Å². The maximum atomic E-state index is 11.0. The summed E-state index contributed by atoms with van der Waals surface area (Å²) in [4.78, 5) is 9.43. The number of rotatable bonds is 1. The Bertz CT molecular complexity index is 157. The minimum absolute atomic E-state index is 2.10. The molecule has 0 spiro atoms. The molecule has 0 aromatic rings. The fraction of sp³-hybridized carbons (Fsp3) is 0.500. The van der Waals surface area contributed by atoms with Crippen LogP contribution in [0.1, 0.15) is 0 Å². The maximum absolute atomic E-state index is 11.0. The summed E-state index contributed by atoms with van der Waals surface area (Å²) in [6.45, 7) is 0. The van der Waals surface area contributed by atoms with Gasteiger partial charge in [0, 0.05) is 0 Å². The van der Waals surface area contributed by atoms with Crippen molar-refractivity contribution >= 4 is 13.1 Å². The van der Waals surface area contributed by atoms with E-state index in [2.05, 4.69) is 4.65 Å². The predicted molar refractivity (Wildman–Crippen MR) is 21.2 cm³/mol. The Hall–Kier alpha value is -0.885. The first-order valence-corrected chi connectivity index (χ1v) is 2.12. The Kier molecular flexibility index (Phi) is 2.42. The Balaban J connectivity index is 4.11. The second-order valence-electron chi connectivity index (χ2n) is 1.42. The molecule has 0 amide bonds. The van der Waals surface area contributed by atoms with Gasteiger partial charge in [-0.15, -0.1) is 0 Å². The van der Waals surface area contributed by atoms with E-state index in [1.165, 1.54) is 0 Å². The van der Waals surface area contributed by atoms with Gasteiger partial charge in [-0.25, -0.2) is 4.79 Å². The Morgan fingerprint density at radius 1 is 1.18 bits per heavy atom. The van der Waals surface area contributed by atoms with E-state index in [9.17, 15) is 30.9 Å². The number of carbonyl (C=O) groups excluding carboxylic acids is 1. The summed E-state index contributed by atoms with van der Waals surface area (Å²) in [6, 6.07) is 0. The van der Waals surface area contributed by atoms with Crippen molar-refractivity contribution < 1.29 is 35.6 Å². The first kappa shape index (κ1) is 10.1. The lowest BCUT2D eigenvalue weighted by molar-refractivity contribution is -0.193. The van der Waals surface area contributed by atoms with E-state index in [0.29, 0.717) is 0 Å². The molecule has 2 nitrogen and oxygen atoms in total. The van der Waals surface area contributed by atoms with Gasteiger partial charge >= 0.3 is 19.3 Å². The molecule has 0 aromatic heterocycles. The second kappa shape index (κ2) is 2.63. The normalized spacial score (nSPS) is 12.9. The maximum Gasteiger partial charge on any atom is 0.702 e. The molecule has 0 atom stereocenters. The highest BCUT2D eigenvalue weighted by Gasteiger charge is 2.44. The van der Waals surface area contributed by atoms with Gasteiger partial charge in [0.25, 0.3) is 0 Å². The molecular formula is C2BF6O2-. The molecule has 0 unspecified atom stereocenters. The fourth-order valence-electron chi connectivity index (χ4n) is 0.188. The Labute approximate surface area is 56.2 Å². The molecule has 0 heterocycles. The van der Waals surface area contributed by atoms with Crippen LogP contribution in [0, 0.1) is 0 Å². The van der Waals surface area contributed by atoms with Crippen molar-refractivity contribution in [3.63, 3.8) is 0 Å². The molecule has 11 heavy (non-hydrogen) atoms. The summed E-state index contributed by atoms with van der Waals surface area (Å²) in [5.74, 6) is -3.25. The number of hydrogen-bond donors (Lipinski definition) is 0. The Morgan fingerprint density at radius 2 is 1.55 bits per heavy atom. The van der Waals surface area contributed by atoms with Gasteiger partial charge < -0.3 is 17.6 Å². The van der Waals surface area contributed by atoms with Gasteiger partial charge in [-0.1, -0.05) is 0 Å². The molecule has 0 aliphatic heterocycles. The van der Waals surface area contributed by atoms with Crippen LogP contribution in [0.5, 0.6) is 0 Å². The molecular weight excluding hydrogens is 181 g/mol. The van der Waals surface area contributed by atoms with E-state index in [1.807, 2.05) is 0 Å². The lowest BCUT2D eigenvalue weighted by Gasteiger charge is -2.17. The molecule has 0 N–H and O–H groups in total. The summed E-state index contributed by atoms with van der Waals surface area (Å²) in [6.07, 6.45) is -5.60. The van der Waals surface area contributed by atoms with Gasteiger partial charge in [0.1, 0.15) is 0 Å². The average Bonchev–Trinajstić information content (AvgIpc) is 1.56. The smallest absolute Gasteiger partial charge is 0.602 e. The van der Waals surface area contributed by atoms with Crippen LogP contribution in [-0.4, -0.2) is 19.3 Å². The molecule has 0 fully saturated rings. The molecule has 0 aliphatic rings. The van der Waals surface area contributed by atoms with Crippen molar-refractivity contribution in [2.24, 2.45) is 0 Å². The van der Waals surface area contributed by atoms with Gasteiger partial charge in [-0.05, 0) is 0 Å². The van der Waals surface area contributed by atoms with Crippen molar-refractivity contribution in [1.29, 1.82) is 0 Å². The topological polar surface area (TPSA) is 26.3 Å². The molecule has 0 bridgehead atoms. The minimum atomic E-state index is -6.18. The molecule has 0 radical (unpaired) electrons. The summed E-state index contributed by atoms with van der Waals surface area (Å²) < 4.78 is 68.0. The molecule has 0 aliphatic carbocycles. The van der Waals surface area contributed by atoms with E-state index < -0.39 is 19.3 Å². The number of carbonyl (C=O) groups is 1. The summed E-state index contributed by atoms with van der Waals surface area (Å²) >= 11 is 0. The van der Waals surface area contributed by atoms with Crippen molar-refractivity contribution in [3.05, 3.63) is 0 Å². The third kappa shape index (κ3) is 4.51. The molecule has 0 rings (SSSR count). The lowest BCUT2D eigenvalue weighted by atomic mass is 10.3. The van der Waals surface area contributed by atoms with Crippen molar-refractivity contribution in [3.8, 4) is 0 Å². The van der Waals surface area contributed by atoms with Crippen molar-refractivity contribution in [2.75, 3.05) is 0 Å². The van der Waals surface area contributed by atoms with Crippen LogP contribution in [0.4, 0.5) is 26.1 Å². The van der Waals surface area contributed by atoms with Crippen molar-refractivity contribution in [2.45, 2.75) is 6.18 Å². The van der Waals surface area contributed by atoms with Gasteiger partial charge in [0.2, 0.25) is 0 Å². The standard InChI is InChI=1S/C2BF6O2/c4-2(5,6)1(10)11-3(7,8)9/q-1. The average molecular weight is 181 g/mol. The van der Waals surface area contributed by atoms with E-state index in [-0.39, 0.29) is 0 Å². The van der Waals surface area contributed by atoms with Gasteiger partial charge in [-0.3, -0.25) is 0 Å². The molecule has 0 aromatic carbocycles. The van der Waals surface area contributed by atoms with Gasteiger partial charge in [0.05, 0.1) is 0 Å². The predicted octanol–water partition coefficient (Wildman–Crippen LogP) is 1.44. The van der Waals surface area contributed by atoms with Crippen LogP contribution in [0.2, 0.25) is 0 Å². The highest BCUT2D eigenvalue weighted by atomic mass is 19.4. The van der Waals surface area contributed by atoms with Crippen molar-refractivity contribution in [1.82, 2.24) is 0 Å². The first-order valence-electron chi connectivity index (χ1n) is 2.12. The number of halogens is 6. The summed E-state index contributed by atoms with van der Waals surface area (Å²) in [5, 5.41) is 0. The molecule has 9 heteroatoms. The monoisotopic (exact) mass is 181 g/mol. The van der Waals surface area contributed by atoms with Crippen LogP contribution in [-0.2, 0) is 9.45 Å². The van der Waals surface area contributed by atoms with Crippen LogP contribution < -0.4 is 0 Å². The third-order valence-electron chi connectivity index (χ3n) is 0.472. The first-order chi connectivity index (χ1) is 4.63. The van der Waals surface area contributed by atoms with E-state index in [4.69, 9.17) is 0 Å². The molecule has 0 saturated carbocycles. The lowest BCUT2D eigenvalue weighted by Crippen LogP contribution is -2.34. The van der Waals surface area contributed by atoms with E-state index >= 15 is 0 Å². The quantitative estimate of drug-likeness (QED) is 0.451. The zero-order chi connectivity index (χ0) is 9.28. The summed E-state index contributed by atoms with van der Waals surface area (Å²) in [5.41, 5.74) is 0. The minimum Gasteiger partial charge on any atom is -0.602 e. The van der Waals surface area contributed by atoms with Crippen LogP contribution in [0.3, 0.4) is 0 Å². The zero-order valence-corrected chi connectivity index (χ0v) is 4.66. The second-order valence-corrected chi connectivity index (χ2v) is 1.42. The third-order valence-corrected chi connectivity index (χ3v) is 0.472. The van der Waals surface area contributed by atoms with Crippen LogP contribution >= 0.6 is 0 Å².